The lowest BCUT2D eigenvalue weighted by Gasteiger charge is -2.22. The van der Waals surface area contributed by atoms with Crippen LogP contribution in [0.15, 0.2) is 71.6 Å². The Balaban J connectivity index is 1.38. The average Bonchev–Trinajstić information content (AvgIpc) is 3.45. The Labute approximate surface area is 264 Å². The van der Waals surface area contributed by atoms with E-state index in [1.54, 1.807) is 36.4 Å². The molecule has 3 N–H and O–H groups in total. The molecule has 2 aromatic carbocycles. The van der Waals surface area contributed by atoms with E-state index in [0.29, 0.717) is 65.7 Å². The number of carbonyl (C=O) groups is 2. The zero-order valence-electron chi connectivity index (χ0n) is 25.6. The van der Waals surface area contributed by atoms with Crippen LogP contribution in [0.2, 0.25) is 0 Å². The molecule has 1 aliphatic rings. The molecule has 0 atom stereocenters. The van der Waals surface area contributed by atoms with E-state index in [4.69, 9.17) is 4.42 Å². The molecule has 0 radical (unpaired) electrons. The smallest absolute Gasteiger partial charge is 0.416 e. The minimum absolute atomic E-state index is 0.0861. The molecule has 0 spiro atoms. The minimum Gasteiger partial charge on any atom is -0.443 e. The number of alkyl halides is 3. The van der Waals surface area contributed by atoms with Gasteiger partial charge in [0.05, 0.1) is 29.7 Å². The molecule has 238 valence electrons. The summed E-state index contributed by atoms with van der Waals surface area (Å²) in [5, 5.41) is 8.95. The van der Waals surface area contributed by atoms with E-state index in [9.17, 15) is 22.8 Å². The van der Waals surface area contributed by atoms with Crippen LogP contribution < -0.4 is 20.9 Å². The van der Waals surface area contributed by atoms with E-state index in [-0.39, 0.29) is 23.4 Å². The van der Waals surface area contributed by atoms with Crippen LogP contribution in [0.5, 0.6) is 0 Å². The molecular weight excluding hydrogens is 597 g/mol. The molecule has 3 heterocycles. The van der Waals surface area contributed by atoms with E-state index in [0.717, 1.165) is 12.1 Å². The van der Waals surface area contributed by atoms with Gasteiger partial charge in [-0.3, -0.25) is 9.69 Å². The summed E-state index contributed by atoms with van der Waals surface area (Å²) < 4.78 is 45.6. The Hall–Kier alpha value is -5.31. The lowest BCUT2D eigenvalue weighted by atomic mass is 9.92. The first-order chi connectivity index (χ1) is 21.9. The van der Waals surface area contributed by atoms with Crippen LogP contribution in [0, 0.1) is 17.3 Å². The summed E-state index contributed by atoms with van der Waals surface area (Å²) in [6.45, 7) is 7.03. The first-order valence-electron chi connectivity index (χ1n) is 14.7. The molecule has 46 heavy (non-hydrogen) atoms. The molecule has 1 aliphatic heterocycles. The zero-order valence-corrected chi connectivity index (χ0v) is 25.6. The predicted molar refractivity (Wildman–Crippen MR) is 170 cm³/mol. The van der Waals surface area contributed by atoms with Crippen molar-refractivity contribution in [2.45, 2.75) is 39.8 Å². The molecule has 2 aromatic heterocycles. The average molecular weight is 631 g/mol. The van der Waals surface area contributed by atoms with Crippen LogP contribution >= 0.6 is 0 Å². The number of aromatic nitrogens is 2. The van der Waals surface area contributed by atoms with E-state index >= 15 is 0 Å². The first kappa shape index (κ1) is 32.1. The van der Waals surface area contributed by atoms with Crippen molar-refractivity contribution in [1.29, 1.82) is 0 Å². The second-order valence-corrected chi connectivity index (χ2v) is 12.0. The number of pyridine rings is 1. The number of oxazole rings is 1. The first-order valence-corrected chi connectivity index (χ1v) is 14.7. The summed E-state index contributed by atoms with van der Waals surface area (Å²) in [6.07, 6.45) is -0.672. The highest BCUT2D eigenvalue weighted by Crippen LogP contribution is 2.35. The molecule has 0 saturated heterocycles. The lowest BCUT2D eigenvalue weighted by molar-refractivity contribution is -0.137. The maximum absolute atomic E-state index is 13.7. The second kappa shape index (κ2) is 13.4. The van der Waals surface area contributed by atoms with Gasteiger partial charge in [-0.1, -0.05) is 44.7 Å². The zero-order chi connectivity index (χ0) is 32.9. The van der Waals surface area contributed by atoms with E-state index in [1.165, 1.54) is 23.6 Å². The molecule has 4 aromatic rings. The third-order valence-corrected chi connectivity index (χ3v) is 6.99. The Kier molecular flexibility index (Phi) is 9.32. The van der Waals surface area contributed by atoms with Gasteiger partial charge in [0, 0.05) is 41.9 Å². The molecular formula is C34H33F3N6O3. The SMILES string of the molecule is CC(C)(C)CC(=O)NCC#Cc1ccc(NC(=O)N2CCCNc3ccc(-c4cccc(C(F)(F)F)c4)nc32)cc1-c1cnco1. The summed E-state index contributed by atoms with van der Waals surface area (Å²) in [5.41, 5.74) is 1.91. The monoisotopic (exact) mass is 630 g/mol. The quantitative estimate of drug-likeness (QED) is 0.202. The predicted octanol–water partition coefficient (Wildman–Crippen LogP) is 7.18. The molecule has 12 heteroatoms. The van der Waals surface area contributed by atoms with Crippen molar-refractivity contribution in [3.8, 4) is 34.4 Å². The number of hydrogen-bond donors (Lipinski definition) is 3. The summed E-state index contributed by atoms with van der Waals surface area (Å²) in [4.78, 5) is 35.9. The Morgan fingerprint density at radius 2 is 1.91 bits per heavy atom. The van der Waals surface area contributed by atoms with Gasteiger partial charge < -0.3 is 20.4 Å². The van der Waals surface area contributed by atoms with Crippen molar-refractivity contribution >= 4 is 29.1 Å². The van der Waals surface area contributed by atoms with E-state index in [1.807, 2.05) is 20.8 Å². The fourth-order valence-corrected chi connectivity index (χ4v) is 4.87. The fraction of sp³-hybridized carbons (Fsp3) is 0.294. The number of nitrogens with one attached hydrogen (secondary N) is 3. The summed E-state index contributed by atoms with van der Waals surface area (Å²) in [6, 6.07) is 12.9. The van der Waals surface area contributed by atoms with Crippen molar-refractivity contribution in [2.75, 3.05) is 35.2 Å². The van der Waals surface area contributed by atoms with Crippen molar-refractivity contribution in [2.24, 2.45) is 5.41 Å². The van der Waals surface area contributed by atoms with Crippen LogP contribution in [0.1, 0.15) is 44.7 Å². The van der Waals surface area contributed by atoms with Crippen LogP contribution in [-0.4, -0.2) is 41.5 Å². The topological polar surface area (TPSA) is 112 Å². The minimum atomic E-state index is -4.50. The van der Waals surface area contributed by atoms with Crippen molar-refractivity contribution in [1.82, 2.24) is 15.3 Å². The maximum atomic E-state index is 13.7. The van der Waals surface area contributed by atoms with Crippen LogP contribution in [0.25, 0.3) is 22.6 Å². The number of carbonyl (C=O) groups excluding carboxylic acids is 2. The maximum Gasteiger partial charge on any atom is 0.416 e. The number of benzene rings is 2. The van der Waals surface area contributed by atoms with Crippen molar-refractivity contribution < 1.29 is 27.2 Å². The highest BCUT2D eigenvalue weighted by atomic mass is 19.4. The van der Waals surface area contributed by atoms with Gasteiger partial charge in [0.2, 0.25) is 5.91 Å². The van der Waals surface area contributed by atoms with Crippen LogP contribution in [0.3, 0.4) is 0 Å². The highest BCUT2D eigenvalue weighted by Gasteiger charge is 2.31. The van der Waals surface area contributed by atoms with E-state index < -0.39 is 17.8 Å². The van der Waals surface area contributed by atoms with Gasteiger partial charge in [0.1, 0.15) is 0 Å². The lowest BCUT2D eigenvalue weighted by Crippen LogP contribution is -2.36. The van der Waals surface area contributed by atoms with Gasteiger partial charge in [-0.2, -0.15) is 13.2 Å². The van der Waals surface area contributed by atoms with Gasteiger partial charge in [-0.15, -0.1) is 0 Å². The number of nitrogens with zero attached hydrogens (tertiary/aromatic N) is 3. The highest BCUT2D eigenvalue weighted by molar-refractivity contribution is 6.03. The van der Waals surface area contributed by atoms with Crippen LogP contribution in [0.4, 0.5) is 35.2 Å². The van der Waals surface area contributed by atoms with Crippen molar-refractivity contribution in [3.05, 3.63) is 78.3 Å². The number of fused-ring (bicyclic) bond motifs is 1. The number of anilines is 3. The standard InChI is InChI=1S/C34H33F3N6O3/c1-33(2,3)19-30(44)40-14-5-8-22-10-11-25(18-26(22)29-20-38-21-46-29)41-32(45)43-16-6-15-39-28-13-12-27(42-31(28)43)23-7-4-9-24(17-23)34(35,36)37/h4,7,9-13,17-18,20-21,39H,6,14-16,19H2,1-3H3,(H,40,44)(H,41,45). The van der Waals surface area contributed by atoms with E-state index in [2.05, 4.69) is 37.8 Å². The molecule has 0 saturated carbocycles. The number of amides is 3. The second-order valence-electron chi connectivity index (χ2n) is 12.0. The number of halogens is 3. The molecule has 0 bridgehead atoms. The number of hydrogen-bond acceptors (Lipinski definition) is 6. The van der Waals surface area contributed by atoms with Gasteiger partial charge in [0.15, 0.2) is 18.0 Å². The van der Waals surface area contributed by atoms with Gasteiger partial charge in [-0.25, -0.2) is 14.8 Å². The molecule has 0 unspecified atom stereocenters. The summed E-state index contributed by atoms with van der Waals surface area (Å²) in [5.74, 6) is 6.67. The molecule has 3 amide bonds. The van der Waals surface area contributed by atoms with Gasteiger partial charge >= 0.3 is 12.2 Å². The summed E-state index contributed by atoms with van der Waals surface area (Å²) in [7, 11) is 0. The molecule has 5 rings (SSSR count). The molecule has 0 fully saturated rings. The van der Waals surface area contributed by atoms with Crippen molar-refractivity contribution in [3.63, 3.8) is 0 Å². The van der Waals surface area contributed by atoms with Gasteiger partial charge in [0.25, 0.3) is 0 Å². The largest absolute Gasteiger partial charge is 0.443 e. The fourth-order valence-electron chi connectivity index (χ4n) is 4.87. The van der Waals surface area contributed by atoms with Crippen LogP contribution in [-0.2, 0) is 11.0 Å². The third kappa shape index (κ3) is 8.04. The normalized spacial score (nSPS) is 13.0. The number of urea groups is 1. The number of rotatable bonds is 5. The summed E-state index contributed by atoms with van der Waals surface area (Å²) >= 11 is 0. The Morgan fingerprint density at radius 3 is 2.65 bits per heavy atom. The Morgan fingerprint density at radius 1 is 1.09 bits per heavy atom. The van der Waals surface area contributed by atoms with Gasteiger partial charge in [-0.05, 0) is 54.3 Å². The molecule has 0 aliphatic carbocycles. The third-order valence-electron chi connectivity index (χ3n) is 6.99. The molecule has 9 nitrogen and oxygen atoms in total. The Bertz CT molecular complexity index is 1790.